The number of carbonyl (C=O) groups excluding carboxylic acids is 3. The molecular formula is C17H21N3O7S. The summed E-state index contributed by atoms with van der Waals surface area (Å²) in [6, 6.07) is 2.72. The van der Waals surface area contributed by atoms with Crippen LogP contribution in [0.25, 0.3) is 0 Å². The molecule has 10 nitrogen and oxygen atoms in total. The van der Waals surface area contributed by atoms with E-state index in [-0.39, 0.29) is 16.2 Å². The summed E-state index contributed by atoms with van der Waals surface area (Å²) in [5.41, 5.74) is -1.16. The van der Waals surface area contributed by atoms with E-state index in [9.17, 15) is 22.8 Å². The van der Waals surface area contributed by atoms with E-state index in [1.807, 2.05) is 4.83 Å². The summed E-state index contributed by atoms with van der Waals surface area (Å²) in [7, 11) is -1.85. The fraction of sp³-hybridized carbons (Fsp3) is 0.471. The monoisotopic (exact) mass is 411 g/mol. The molecule has 1 aliphatic carbocycles. The predicted octanol–water partition coefficient (Wildman–Crippen LogP) is 0.930. The second kappa shape index (κ2) is 7.40. The van der Waals surface area contributed by atoms with Gasteiger partial charge in [-0.25, -0.2) is 18.0 Å². The number of sulfonamides is 1. The highest BCUT2D eigenvalue weighted by Gasteiger charge is 2.52. The van der Waals surface area contributed by atoms with Crippen molar-refractivity contribution in [1.82, 2.24) is 15.2 Å². The molecule has 1 aliphatic heterocycles. The largest absolute Gasteiger partial charge is 0.496 e. The first-order valence-corrected chi connectivity index (χ1v) is 10.2. The second-order valence-electron chi connectivity index (χ2n) is 6.66. The van der Waals surface area contributed by atoms with E-state index < -0.39 is 33.5 Å². The third kappa shape index (κ3) is 3.42. The summed E-state index contributed by atoms with van der Waals surface area (Å²) < 4.78 is 35.1. The number of carbonyl (C=O) groups is 3. The van der Waals surface area contributed by atoms with Crippen molar-refractivity contribution < 1.29 is 32.3 Å². The predicted molar refractivity (Wildman–Crippen MR) is 95.8 cm³/mol. The number of nitrogens with one attached hydrogen (secondary N) is 2. The number of methoxy groups -OCH3 is 2. The third-order valence-electron chi connectivity index (χ3n) is 4.97. The van der Waals surface area contributed by atoms with Crippen LogP contribution in [0.15, 0.2) is 23.1 Å². The molecule has 11 heteroatoms. The number of nitrogens with zero attached hydrogens (tertiary/aromatic N) is 1. The van der Waals surface area contributed by atoms with Gasteiger partial charge in [0.2, 0.25) is 0 Å². The van der Waals surface area contributed by atoms with Crippen LogP contribution in [0.3, 0.4) is 0 Å². The quantitative estimate of drug-likeness (QED) is 0.544. The van der Waals surface area contributed by atoms with Crippen LogP contribution < -0.4 is 14.9 Å². The van der Waals surface area contributed by atoms with Crippen LogP contribution in [0.2, 0.25) is 0 Å². The number of ether oxygens (including phenoxy) is 2. The van der Waals surface area contributed by atoms with E-state index in [1.54, 1.807) is 0 Å². The number of hydrogen-bond donors (Lipinski definition) is 2. The van der Waals surface area contributed by atoms with Gasteiger partial charge in [0.1, 0.15) is 16.9 Å². The molecule has 1 heterocycles. The highest BCUT2D eigenvalue weighted by Crippen LogP contribution is 2.33. The van der Waals surface area contributed by atoms with Gasteiger partial charge in [0, 0.05) is 0 Å². The molecule has 1 aromatic carbocycles. The Morgan fingerprint density at radius 3 is 2.46 bits per heavy atom. The molecule has 0 radical (unpaired) electrons. The lowest BCUT2D eigenvalue weighted by molar-refractivity contribution is -0.133. The zero-order valence-corrected chi connectivity index (χ0v) is 16.3. The van der Waals surface area contributed by atoms with Gasteiger partial charge in [-0.05, 0) is 31.0 Å². The van der Waals surface area contributed by atoms with Crippen LogP contribution in [-0.4, -0.2) is 51.1 Å². The molecule has 2 fully saturated rings. The van der Waals surface area contributed by atoms with Crippen LogP contribution in [0.5, 0.6) is 5.75 Å². The van der Waals surface area contributed by atoms with Crippen LogP contribution in [0.1, 0.15) is 42.5 Å². The summed E-state index contributed by atoms with van der Waals surface area (Å²) in [5.74, 6) is -1.28. The Labute approximate surface area is 162 Å². The highest BCUT2D eigenvalue weighted by molar-refractivity contribution is 7.89. The smallest absolute Gasteiger partial charge is 0.341 e. The topological polar surface area (TPSA) is 131 Å². The van der Waals surface area contributed by atoms with Crippen molar-refractivity contribution in [3.63, 3.8) is 0 Å². The number of imide groups is 1. The summed E-state index contributed by atoms with van der Waals surface area (Å²) in [4.78, 5) is 38.6. The van der Waals surface area contributed by atoms with E-state index in [2.05, 4.69) is 10.1 Å². The lowest BCUT2D eigenvalue weighted by atomic mass is 9.82. The van der Waals surface area contributed by atoms with Gasteiger partial charge in [0.25, 0.3) is 15.9 Å². The highest BCUT2D eigenvalue weighted by atomic mass is 32.2. The average Bonchev–Trinajstić information content (AvgIpc) is 2.91. The van der Waals surface area contributed by atoms with Gasteiger partial charge in [0.15, 0.2) is 0 Å². The average molecular weight is 411 g/mol. The van der Waals surface area contributed by atoms with E-state index >= 15 is 0 Å². The Bertz CT molecular complexity index is 923. The Morgan fingerprint density at radius 1 is 1.18 bits per heavy atom. The van der Waals surface area contributed by atoms with Crippen molar-refractivity contribution in [2.75, 3.05) is 14.2 Å². The normalized spacial score (nSPS) is 18.9. The van der Waals surface area contributed by atoms with Gasteiger partial charge in [0.05, 0.1) is 19.1 Å². The molecule has 0 atom stereocenters. The molecule has 3 rings (SSSR count). The molecular weight excluding hydrogens is 390 g/mol. The molecule has 1 aromatic rings. The number of urea groups is 1. The van der Waals surface area contributed by atoms with Crippen LogP contribution in [-0.2, 0) is 19.6 Å². The molecule has 1 saturated carbocycles. The summed E-state index contributed by atoms with van der Waals surface area (Å²) in [5, 5.41) is 3.11. The Hall–Kier alpha value is -2.66. The standard InChI is InChI=1S/C17H21N3O7S/c1-26-13-7-6-11(10-12(13)14(21)27-2)28(24,25)19-20-15(22)17(18-16(20)23)8-4-3-5-9-17/h6-7,10,19H,3-5,8-9H2,1-2H3,(H,18,23). The van der Waals surface area contributed by atoms with Gasteiger partial charge in [-0.1, -0.05) is 19.3 Å². The molecule has 1 saturated heterocycles. The van der Waals surface area contributed by atoms with Crippen molar-refractivity contribution in [1.29, 1.82) is 0 Å². The number of amides is 3. The fourth-order valence-corrected chi connectivity index (χ4v) is 4.53. The SMILES string of the molecule is COC(=O)c1cc(S(=O)(=O)NN2C(=O)NC3(CCCCC3)C2=O)ccc1OC. The zero-order valence-electron chi connectivity index (χ0n) is 15.5. The minimum atomic E-state index is -4.32. The van der Waals surface area contributed by atoms with Crippen LogP contribution in [0.4, 0.5) is 4.79 Å². The third-order valence-corrected chi connectivity index (χ3v) is 6.26. The Morgan fingerprint density at radius 2 is 1.86 bits per heavy atom. The number of rotatable bonds is 5. The van der Waals surface area contributed by atoms with E-state index in [4.69, 9.17) is 4.74 Å². The summed E-state index contributed by atoms with van der Waals surface area (Å²) in [6.07, 6.45) is 3.43. The van der Waals surface area contributed by atoms with Gasteiger partial charge in [-0.15, -0.1) is 4.83 Å². The van der Waals surface area contributed by atoms with Gasteiger partial charge >= 0.3 is 12.0 Å². The zero-order chi connectivity index (χ0) is 20.5. The molecule has 152 valence electrons. The van der Waals surface area contributed by atoms with E-state index in [1.165, 1.54) is 19.2 Å². The molecule has 0 aromatic heterocycles. The Kier molecular flexibility index (Phi) is 5.31. The molecule has 0 unspecified atom stereocenters. The van der Waals surface area contributed by atoms with Crippen molar-refractivity contribution in [2.24, 2.45) is 0 Å². The van der Waals surface area contributed by atoms with E-state index in [0.29, 0.717) is 17.9 Å². The minimum absolute atomic E-state index is 0.103. The van der Waals surface area contributed by atoms with Crippen molar-refractivity contribution >= 4 is 27.9 Å². The maximum Gasteiger partial charge on any atom is 0.341 e. The molecule has 3 amide bonds. The number of hydrazine groups is 1. The minimum Gasteiger partial charge on any atom is -0.496 e. The first-order chi connectivity index (χ1) is 13.2. The van der Waals surface area contributed by atoms with Crippen molar-refractivity contribution in [3.05, 3.63) is 23.8 Å². The first kappa shape index (κ1) is 20.1. The van der Waals surface area contributed by atoms with E-state index in [0.717, 1.165) is 32.4 Å². The number of hydrogen-bond acceptors (Lipinski definition) is 7. The lowest BCUT2D eigenvalue weighted by Crippen LogP contribution is -2.50. The van der Waals surface area contributed by atoms with Gasteiger partial charge < -0.3 is 14.8 Å². The first-order valence-electron chi connectivity index (χ1n) is 8.69. The summed E-state index contributed by atoms with van der Waals surface area (Å²) >= 11 is 0. The van der Waals surface area contributed by atoms with Gasteiger partial charge in [-0.3, -0.25) is 4.79 Å². The van der Waals surface area contributed by atoms with Crippen molar-refractivity contribution in [2.45, 2.75) is 42.5 Å². The van der Waals surface area contributed by atoms with Gasteiger partial charge in [-0.2, -0.15) is 5.01 Å². The van der Waals surface area contributed by atoms with Crippen LogP contribution >= 0.6 is 0 Å². The molecule has 2 N–H and O–H groups in total. The molecule has 1 spiro atoms. The fourth-order valence-electron chi connectivity index (χ4n) is 3.49. The number of benzene rings is 1. The maximum atomic E-state index is 12.7. The Balaban J connectivity index is 1.89. The summed E-state index contributed by atoms with van der Waals surface area (Å²) in [6.45, 7) is 0. The molecule has 2 aliphatic rings. The molecule has 0 bridgehead atoms. The van der Waals surface area contributed by atoms with Crippen molar-refractivity contribution in [3.8, 4) is 5.75 Å². The van der Waals surface area contributed by atoms with Crippen LogP contribution in [0, 0.1) is 0 Å². The second-order valence-corrected chi connectivity index (χ2v) is 8.32. The number of esters is 1. The lowest BCUT2D eigenvalue weighted by Gasteiger charge is -2.30. The molecule has 28 heavy (non-hydrogen) atoms. The maximum absolute atomic E-state index is 12.7.